The number of hydrogen-bond donors (Lipinski definition) is 0. The first kappa shape index (κ1) is 11.1. The van der Waals surface area contributed by atoms with Gasteiger partial charge in [0.1, 0.15) is 5.60 Å². The Labute approximate surface area is 93.1 Å². The first-order valence-electron chi connectivity index (χ1n) is 6.39. The van der Waals surface area contributed by atoms with Crippen LogP contribution in [-0.2, 0) is 4.74 Å². The Morgan fingerprint density at radius 3 is 2.53 bits per heavy atom. The standard InChI is InChI=1S/C13H23NO/c1-11(13(2)9-6-10-15-13)14-12-7-4-3-5-8-12/h12H,3-10H2,1-2H3. The van der Waals surface area contributed by atoms with Crippen LogP contribution in [0.5, 0.6) is 0 Å². The Morgan fingerprint density at radius 2 is 1.93 bits per heavy atom. The van der Waals surface area contributed by atoms with Crippen molar-refractivity contribution in [3.63, 3.8) is 0 Å². The summed E-state index contributed by atoms with van der Waals surface area (Å²) < 4.78 is 5.81. The molecule has 1 aliphatic carbocycles. The van der Waals surface area contributed by atoms with Gasteiger partial charge in [-0.3, -0.25) is 4.99 Å². The highest BCUT2D eigenvalue weighted by molar-refractivity contribution is 5.90. The molecule has 1 atom stereocenters. The fourth-order valence-corrected chi connectivity index (χ4v) is 2.68. The number of aliphatic imine (C=N–C) groups is 1. The Morgan fingerprint density at radius 1 is 1.20 bits per heavy atom. The van der Waals surface area contributed by atoms with Gasteiger partial charge in [-0.15, -0.1) is 0 Å². The molecule has 1 aliphatic heterocycles. The summed E-state index contributed by atoms with van der Waals surface area (Å²) in [5.41, 5.74) is 1.18. The largest absolute Gasteiger partial charge is 0.369 e. The first-order chi connectivity index (χ1) is 7.21. The van der Waals surface area contributed by atoms with Gasteiger partial charge in [-0.1, -0.05) is 19.3 Å². The monoisotopic (exact) mass is 209 g/mol. The van der Waals surface area contributed by atoms with Crippen molar-refractivity contribution in [1.29, 1.82) is 0 Å². The number of ether oxygens (including phenoxy) is 1. The quantitative estimate of drug-likeness (QED) is 0.639. The fraction of sp³-hybridized carbons (Fsp3) is 0.923. The predicted octanol–water partition coefficient (Wildman–Crippen LogP) is 3.35. The van der Waals surface area contributed by atoms with E-state index < -0.39 is 0 Å². The molecule has 0 amide bonds. The highest BCUT2D eigenvalue weighted by Gasteiger charge is 2.33. The molecular formula is C13H23NO. The molecule has 0 aromatic rings. The van der Waals surface area contributed by atoms with E-state index in [-0.39, 0.29) is 5.60 Å². The zero-order valence-electron chi connectivity index (χ0n) is 10.1. The predicted molar refractivity (Wildman–Crippen MR) is 63.6 cm³/mol. The van der Waals surface area contributed by atoms with Crippen molar-refractivity contribution < 1.29 is 4.74 Å². The van der Waals surface area contributed by atoms with Crippen LogP contribution in [0, 0.1) is 0 Å². The maximum Gasteiger partial charge on any atom is 0.103 e. The van der Waals surface area contributed by atoms with Crippen LogP contribution in [0.3, 0.4) is 0 Å². The molecule has 0 radical (unpaired) electrons. The summed E-state index contributed by atoms with van der Waals surface area (Å²) in [4.78, 5) is 4.88. The van der Waals surface area contributed by atoms with Gasteiger partial charge in [0.15, 0.2) is 0 Å². The summed E-state index contributed by atoms with van der Waals surface area (Å²) in [6.45, 7) is 5.26. The normalized spacial score (nSPS) is 34.7. The molecule has 2 rings (SSSR count). The summed E-state index contributed by atoms with van der Waals surface area (Å²) in [5, 5.41) is 0. The van der Waals surface area contributed by atoms with Crippen molar-refractivity contribution in [2.45, 2.75) is 70.4 Å². The summed E-state index contributed by atoms with van der Waals surface area (Å²) in [7, 11) is 0. The van der Waals surface area contributed by atoms with Gasteiger partial charge in [-0.2, -0.15) is 0 Å². The second-order valence-corrected chi connectivity index (χ2v) is 5.19. The Kier molecular flexibility index (Phi) is 3.45. The van der Waals surface area contributed by atoms with Crippen LogP contribution in [-0.4, -0.2) is 24.0 Å². The molecule has 1 saturated carbocycles. The first-order valence-corrected chi connectivity index (χ1v) is 6.39. The van der Waals surface area contributed by atoms with Gasteiger partial charge in [0.05, 0.1) is 0 Å². The number of rotatable bonds is 2. The van der Waals surface area contributed by atoms with E-state index in [9.17, 15) is 0 Å². The molecule has 2 nitrogen and oxygen atoms in total. The topological polar surface area (TPSA) is 21.6 Å². The van der Waals surface area contributed by atoms with Gasteiger partial charge in [0, 0.05) is 18.4 Å². The molecule has 15 heavy (non-hydrogen) atoms. The Bertz CT molecular complexity index is 235. The molecule has 0 N–H and O–H groups in total. The SMILES string of the molecule is CC(=NC1CCCCC1)C1(C)CCCO1. The van der Waals surface area contributed by atoms with E-state index in [0.29, 0.717) is 6.04 Å². The second-order valence-electron chi connectivity index (χ2n) is 5.19. The molecule has 1 saturated heterocycles. The average Bonchev–Trinajstić information content (AvgIpc) is 2.68. The van der Waals surface area contributed by atoms with Gasteiger partial charge >= 0.3 is 0 Å². The summed E-state index contributed by atoms with van der Waals surface area (Å²) in [5.74, 6) is 0. The van der Waals surface area contributed by atoms with Crippen molar-refractivity contribution in [3.05, 3.63) is 0 Å². The van der Waals surface area contributed by atoms with Crippen molar-refractivity contribution in [1.82, 2.24) is 0 Å². The Hall–Kier alpha value is -0.370. The number of hydrogen-bond acceptors (Lipinski definition) is 2. The van der Waals surface area contributed by atoms with E-state index in [2.05, 4.69) is 13.8 Å². The molecule has 2 aliphatic rings. The molecule has 2 fully saturated rings. The van der Waals surface area contributed by atoms with Gasteiger partial charge in [-0.05, 0) is 39.5 Å². The lowest BCUT2D eigenvalue weighted by molar-refractivity contribution is 0.0766. The van der Waals surface area contributed by atoms with Crippen molar-refractivity contribution in [2.75, 3.05) is 6.61 Å². The van der Waals surface area contributed by atoms with Gasteiger partial charge in [0.25, 0.3) is 0 Å². The third-order valence-corrected chi connectivity index (χ3v) is 3.94. The zero-order valence-corrected chi connectivity index (χ0v) is 10.1. The lowest BCUT2D eigenvalue weighted by Crippen LogP contribution is -2.33. The summed E-state index contributed by atoms with van der Waals surface area (Å²) in [6.07, 6.45) is 9.03. The lowest BCUT2D eigenvalue weighted by atomic mass is 9.93. The highest BCUT2D eigenvalue weighted by atomic mass is 16.5. The Balaban J connectivity index is 1.98. The molecule has 0 spiro atoms. The van der Waals surface area contributed by atoms with E-state index in [4.69, 9.17) is 9.73 Å². The molecule has 0 bridgehead atoms. The smallest absolute Gasteiger partial charge is 0.103 e. The lowest BCUT2D eigenvalue weighted by Gasteiger charge is -2.26. The van der Waals surface area contributed by atoms with Crippen molar-refractivity contribution >= 4 is 5.71 Å². The van der Waals surface area contributed by atoms with Gasteiger partial charge in [-0.25, -0.2) is 0 Å². The average molecular weight is 209 g/mol. The maximum absolute atomic E-state index is 5.81. The van der Waals surface area contributed by atoms with Crippen LogP contribution in [0.4, 0.5) is 0 Å². The number of nitrogens with zero attached hydrogens (tertiary/aromatic N) is 1. The van der Waals surface area contributed by atoms with Crippen LogP contribution in [0.25, 0.3) is 0 Å². The van der Waals surface area contributed by atoms with E-state index >= 15 is 0 Å². The molecule has 86 valence electrons. The molecule has 0 aromatic heterocycles. The molecule has 1 unspecified atom stereocenters. The molecule has 1 heterocycles. The summed E-state index contributed by atoms with van der Waals surface area (Å²) >= 11 is 0. The third kappa shape index (κ3) is 2.60. The van der Waals surface area contributed by atoms with Crippen LogP contribution in [0.15, 0.2) is 4.99 Å². The third-order valence-electron chi connectivity index (χ3n) is 3.94. The minimum Gasteiger partial charge on any atom is -0.369 e. The minimum atomic E-state index is -0.0442. The van der Waals surface area contributed by atoms with Crippen molar-refractivity contribution in [3.8, 4) is 0 Å². The fourth-order valence-electron chi connectivity index (χ4n) is 2.68. The van der Waals surface area contributed by atoms with E-state index in [1.54, 1.807) is 0 Å². The minimum absolute atomic E-state index is 0.0442. The summed E-state index contributed by atoms with van der Waals surface area (Å²) in [6, 6.07) is 0.583. The molecular weight excluding hydrogens is 186 g/mol. The molecule has 2 heteroatoms. The van der Waals surface area contributed by atoms with Gasteiger partial charge < -0.3 is 4.74 Å². The molecule has 0 aromatic carbocycles. The zero-order chi connectivity index (χ0) is 10.7. The van der Waals surface area contributed by atoms with Gasteiger partial charge in [0.2, 0.25) is 0 Å². The van der Waals surface area contributed by atoms with Crippen LogP contribution in [0.2, 0.25) is 0 Å². The van der Waals surface area contributed by atoms with E-state index in [1.807, 2.05) is 0 Å². The van der Waals surface area contributed by atoms with Crippen molar-refractivity contribution in [2.24, 2.45) is 4.99 Å². The van der Waals surface area contributed by atoms with E-state index in [1.165, 1.54) is 44.2 Å². The second kappa shape index (κ2) is 4.65. The van der Waals surface area contributed by atoms with Crippen LogP contribution >= 0.6 is 0 Å². The van der Waals surface area contributed by atoms with E-state index in [0.717, 1.165) is 13.0 Å². The maximum atomic E-state index is 5.81. The highest BCUT2D eigenvalue weighted by Crippen LogP contribution is 2.28. The van der Waals surface area contributed by atoms with Crippen LogP contribution in [0.1, 0.15) is 58.8 Å². The van der Waals surface area contributed by atoms with Crippen LogP contribution < -0.4 is 0 Å².